The summed E-state index contributed by atoms with van der Waals surface area (Å²) in [4.78, 5) is 35.8. The highest BCUT2D eigenvalue weighted by atomic mass is 16.6. The summed E-state index contributed by atoms with van der Waals surface area (Å²) in [6, 6.07) is 0. The highest BCUT2D eigenvalue weighted by Crippen LogP contribution is 2.68. The number of carbonyl (C=O) groups excluding carboxylic acids is 3. The zero-order valence-electron chi connectivity index (χ0n) is 17.7. The Morgan fingerprint density at radius 3 is 2.36 bits per heavy atom. The van der Waals surface area contributed by atoms with E-state index in [1.807, 2.05) is 6.92 Å². The Morgan fingerprint density at radius 1 is 0.929 bits per heavy atom. The Bertz CT molecular complexity index is 701. The van der Waals surface area contributed by atoms with Gasteiger partial charge in [-0.05, 0) is 81.0 Å². The number of Topliss-reactive ketones (excluding diaryl/α,β-unsaturated/α-hetero) is 1. The lowest BCUT2D eigenvalue weighted by molar-refractivity contribution is -0.193. The Morgan fingerprint density at radius 2 is 1.64 bits per heavy atom. The molecule has 0 spiro atoms. The van der Waals surface area contributed by atoms with Crippen LogP contribution in [-0.4, -0.2) is 30.4 Å². The second-order valence-electron chi connectivity index (χ2n) is 10.5. The molecule has 0 amide bonds. The van der Waals surface area contributed by atoms with E-state index < -0.39 is 17.5 Å². The van der Waals surface area contributed by atoms with Crippen molar-refractivity contribution in [2.75, 3.05) is 7.11 Å². The van der Waals surface area contributed by atoms with Gasteiger partial charge in [0.2, 0.25) is 0 Å². The number of ether oxygens (including phenoxy) is 2. The van der Waals surface area contributed by atoms with Gasteiger partial charge in [-0.15, -0.1) is 0 Å². The number of ketones is 1. The molecular weight excluding hydrogens is 356 g/mol. The molecule has 0 saturated heterocycles. The molecule has 4 aliphatic carbocycles. The third-order valence-electron chi connectivity index (χ3n) is 9.68. The second kappa shape index (κ2) is 6.56. The van der Waals surface area contributed by atoms with Crippen LogP contribution in [0.2, 0.25) is 0 Å². The third kappa shape index (κ3) is 2.68. The molecule has 5 heteroatoms. The lowest BCUT2D eigenvalue weighted by atomic mass is 9.44. The van der Waals surface area contributed by atoms with Gasteiger partial charge in [-0.3, -0.25) is 4.79 Å². The van der Waals surface area contributed by atoms with Gasteiger partial charge in [0.05, 0.1) is 7.11 Å². The van der Waals surface area contributed by atoms with E-state index in [0.29, 0.717) is 29.5 Å². The van der Waals surface area contributed by atoms with Crippen LogP contribution < -0.4 is 0 Å². The summed E-state index contributed by atoms with van der Waals surface area (Å²) in [7, 11) is 1.21. The van der Waals surface area contributed by atoms with Gasteiger partial charge >= 0.3 is 11.9 Å². The van der Waals surface area contributed by atoms with E-state index in [4.69, 9.17) is 4.74 Å². The van der Waals surface area contributed by atoms with Gasteiger partial charge in [-0.25, -0.2) is 9.59 Å². The maximum Gasteiger partial charge on any atom is 0.418 e. The molecule has 4 rings (SSSR count). The van der Waals surface area contributed by atoms with Gasteiger partial charge in [-0.2, -0.15) is 0 Å². The molecule has 0 bridgehead atoms. The van der Waals surface area contributed by atoms with E-state index in [2.05, 4.69) is 18.6 Å². The van der Waals surface area contributed by atoms with Crippen LogP contribution in [0.25, 0.3) is 0 Å². The monoisotopic (exact) mass is 390 g/mol. The molecule has 0 aromatic carbocycles. The Balaban J connectivity index is 1.58. The fourth-order valence-corrected chi connectivity index (χ4v) is 7.77. The first-order chi connectivity index (χ1) is 13.1. The van der Waals surface area contributed by atoms with E-state index in [-0.39, 0.29) is 10.8 Å². The van der Waals surface area contributed by atoms with Crippen LogP contribution in [0.1, 0.15) is 78.6 Å². The summed E-state index contributed by atoms with van der Waals surface area (Å²) in [6.07, 6.45) is 8.87. The van der Waals surface area contributed by atoms with Crippen LogP contribution in [0.4, 0.5) is 0 Å². The van der Waals surface area contributed by atoms with E-state index in [1.54, 1.807) is 0 Å². The second-order valence-corrected chi connectivity index (χ2v) is 10.5. The molecule has 28 heavy (non-hydrogen) atoms. The molecule has 7 atom stereocenters. The number of rotatable bonds is 1. The topological polar surface area (TPSA) is 69.7 Å². The lowest BCUT2D eigenvalue weighted by Gasteiger charge is -2.61. The quantitative estimate of drug-likeness (QED) is 0.498. The smallest absolute Gasteiger partial charge is 0.418 e. The van der Waals surface area contributed by atoms with Crippen LogP contribution >= 0.6 is 0 Å². The van der Waals surface area contributed by atoms with Gasteiger partial charge in [0.1, 0.15) is 11.4 Å². The van der Waals surface area contributed by atoms with Crippen molar-refractivity contribution in [3.05, 3.63) is 0 Å². The van der Waals surface area contributed by atoms with E-state index in [1.165, 1.54) is 13.5 Å². The predicted octanol–water partition coefficient (Wildman–Crippen LogP) is 4.07. The summed E-state index contributed by atoms with van der Waals surface area (Å²) in [5, 5.41) is 0. The Kier molecular flexibility index (Phi) is 4.67. The summed E-state index contributed by atoms with van der Waals surface area (Å²) in [5.41, 5.74) is -0.445. The average molecular weight is 391 g/mol. The first kappa shape index (κ1) is 19.9. The summed E-state index contributed by atoms with van der Waals surface area (Å²) in [5.74, 6) is 1.02. The molecule has 0 aromatic rings. The maximum absolute atomic E-state index is 12.2. The fraction of sp³-hybridized carbons (Fsp3) is 0.870. The van der Waals surface area contributed by atoms with Gasteiger partial charge in [0, 0.05) is 18.3 Å². The van der Waals surface area contributed by atoms with Crippen LogP contribution in [0.3, 0.4) is 0 Å². The minimum Gasteiger partial charge on any atom is -0.461 e. The van der Waals surface area contributed by atoms with E-state index in [0.717, 1.165) is 51.4 Å². The Labute approximate surface area is 167 Å². The van der Waals surface area contributed by atoms with Crippen molar-refractivity contribution < 1.29 is 23.9 Å². The van der Waals surface area contributed by atoms with Crippen molar-refractivity contribution in [2.45, 2.75) is 84.2 Å². The number of methoxy groups -OCH3 is 1. The van der Waals surface area contributed by atoms with Gasteiger partial charge in [-0.1, -0.05) is 13.8 Å². The lowest BCUT2D eigenvalue weighted by Crippen LogP contribution is -2.57. The van der Waals surface area contributed by atoms with Crippen LogP contribution in [0, 0.1) is 34.5 Å². The summed E-state index contributed by atoms with van der Waals surface area (Å²) < 4.78 is 10.4. The van der Waals surface area contributed by atoms with Crippen molar-refractivity contribution in [3.8, 4) is 0 Å². The highest BCUT2D eigenvalue weighted by molar-refractivity contribution is 6.29. The molecule has 156 valence electrons. The first-order valence-corrected chi connectivity index (χ1v) is 11.0. The SMILES string of the molecule is COC(=O)C(=O)O[C@@]1(C)CC[C@H]2[C@@H]3CC[C@H]4CC(=O)CC[C@]4(C)[C@H]3CC[C@@]21C. The maximum atomic E-state index is 12.2. The zero-order valence-corrected chi connectivity index (χ0v) is 17.7. The van der Waals surface area contributed by atoms with Crippen molar-refractivity contribution in [2.24, 2.45) is 34.5 Å². The molecule has 0 aliphatic heterocycles. The van der Waals surface area contributed by atoms with E-state index in [9.17, 15) is 14.4 Å². The van der Waals surface area contributed by atoms with Crippen molar-refractivity contribution in [3.63, 3.8) is 0 Å². The van der Waals surface area contributed by atoms with Crippen LogP contribution in [0.5, 0.6) is 0 Å². The largest absolute Gasteiger partial charge is 0.461 e. The highest BCUT2D eigenvalue weighted by Gasteiger charge is 2.65. The molecular formula is C23H34O5. The van der Waals surface area contributed by atoms with Crippen molar-refractivity contribution >= 4 is 17.7 Å². The van der Waals surface area contributed by atoms with Crippen LogP contribution in [0.15, 0.2) is 0 Å². The third-order valence-corrected chi connectivity index (χ3v) is 9.68. The van der Waals surface area contributed by atoms with Crippen LogP contribution in [-0.2, 0) is 23.9 Å². The van der Waals surface area contributed by atoms with Crippen molar-refractivity contribution in [1.82, 2.24) is 0 Å². The number of esters is 2. The standard InChI is InChI=1S/C23H34O5/c1-21-10-7-15(24)13-14(21)5-6-16-17(21)8-11-22(2)18(16)9-12-23(22,3)28-20(26)19(25)27-4/h14,16-18H,5-13H2,1-4H3/t14-,16+,17-,18-,21-,22-,23-/m0/s1. The van der Waals surface area contributed by atoms with Gasteiger partial charge in [0.25, 0.3) is 0 Å². The van der Waals surface area contributed by atoms with Crippen molar-refractivity contribution in [1.29, 1.82) is 0 Å². The Hall–Kier alpha value is -1.39. The molecule has 4 aliphatic rings. The molecule has 0 aromatic heterocycles. The van der Waals surface area contributed by atoms with E-state index >= 15 is 0 Å². The summed E-state index contributed by atoms with van der Waals surface area (Å²) >= 11 is 0. The minimum atomic E-state index is -0.915. The number of hydrogen-bond donors (Lipinski definition) is 0. The number of hydrogen-bond acceptors (Lipinski definition) is 5. The molecule has 0 radical (unpaired) electrons. The normalized spacial score (nSPS) is 47.5. The molecule has 0 N–H and O–H groups in total. The number of carbonyl (C=O) groups is 3. The molecule has 4 fully saturated rings. The zero-order chi connectivity index (χ0) is 20.3. The summed E-state index contributed by atoms with van der Waals surface area (Å²) in [6.45, 7) is 6.72. The molecule has 5 nitrogen and oxygen atoms in total. The molecule has 4 saturated carbocycles. The molecule has 0 unspecified atom stereocenters. The fourth-order valence-electron chi connectivity index (χ4n) is 7.77. The predicted molar refractivity (Wildman–Crippen MR) is 103 cm³/mol. The number of fused-ring (bicyclic) bond motifs is 5. The minimum absolute atomic E-state index is 0.106. The van der Waals surface area contributed by atoms with Gasteiger partial charge in [0.15, 0.2) is 0 Å². The average Bonchev–Trinajstić information content (AvgIpc) is 2.92. The first-order valence-electron chi connectivity index (χ1n) is 11.0. The van der Waals surface area contributed by atoms with Gasteiger partial charge < -0.3 is 9.47 Å². The molecule has 0 heterocycles.